The van der Waals surface area contributed by atoms with Crippen LogP contribution >= 0.6 is 12.2 Å². The van der Waals surface area contributed by atoms with Crippen LogP contribution in [0, 0.1) is 0 Å². The summed E-state index contributed by atoms with van der Waals surface area (Å²) in [6.45, 7) is 1.54. The maximum Gasteiger partial charge on any atom is 0.255 e. The highest BCUT2D eigenvalue weighted by atomic mass is 32.1. The number of nitrogens with zero attached hydrogens (tertiary/aromatic N) is 1. The summed E-state index contributed by atoms with van der Waals surface area (Å²) in [6, 6.07) is 14.5. The second-order valence-corrected chi connectivity index (χ2v) is 7.00. The topological polar surface area (TPSA) is 70.7 Å². The number of rotatable bonds is 5. The van der Waals surface area contributed by atoms with E-state index in [4.69, 9.17) is 17.0 Å². The number of amides is 2. The van der Waals surface area contributed by atoms with Gasteiger partial charge < -0.3 is 15.0 Å². The maximum atomic E-state index is 12.7. The molecule has 29 heavy (non-hydrogen) atoms. The molecular weight excluding hydrogens is 386 g/mol. The Morgan fingerprint density at radius 2 is 1.76 bits per heavy atom. The number of benzene rings is 2. The lowest BCUT2D eigenvalue weighted by Gasteiger charge is -2.18. The molecule has 2 N–H and O–H groups in total. The minimum absolute atomic E-state index is 0.0286. The van der Waals surface area contributed by atoms with E-state index in [0.717, 1.165) is 37.2 Å². The third-order valence-electron chi connectivity index (χ3n) is 4.58. The van der Waals surface area contributed by atoms with Crippen LogP contribution in [0.25, 0.3) is 6.08 Å². The SMILES string of the molecule is COc1ccc(/C=C/C(=O)NC(=S)Nc2ccccc2C(=O)N2CCCC2)cc1. The molecule has 1 heterocycles. The number of para-hydroxylation sites is 1. The minimum atomic E-state index is -0.360. The molecule has 2 aromatic carbocycles. The van der Waals surface area contributed by atoms with Crippen molar-refractivity contribution in [1.29, 1.82) is 0 Å². The average molecular weight is 410 g/mol. The molecule has 0 spiro atoms. The Labute approximate surface area is 175 Å². The Morgan fingerprint density at radius 3 is 2.45 bits per heavy atom. The van der Waals surface area contributed by atoms with Gasteiger partial charge in [0.15, 0.2) is 5.11 Å². The predicted octanol–water partition coefficient (Wildman–Crippen LogP) is 3.46. The van der Waals surface area contributed by atoms with Gasteiger partial charge in [-0.15, -0.1) is 0 Å². The number of thiocarbonyl (C=S) groups is 1. The Kier molecular flexibility index (Phi) is 6.97. The predicted molar refractivity (Wildman–Crippen MR) is 118 cm³/mol. The van der Waals surface area contributed by atoms with E-state index < -0.39 is 0 Å². The monoisotopic (exact) mass is 409 g/mol. The van der Waals surface area contributed by atoms with Gasteiger partial charge in [-0.2, -0.15) is 0 Å². The Morgan fingerprint density at radius 1 is 1.07 bits per heavy atom. The molecule has 2 aromatic rings. The Bertz CT molecular complexity index is 919. The summed E-state index contributed by atoms with van der Waals surface area (Å²) in [6.07, 6.45) is 5.13. The summed E-state index contributed by atoms with van der Waals surface area (Å²) in [7, 11) is 1.60. The van der Waals surface area contributed by atoms with E-state index in [-0.39, 0.29) is 16.9 Å². The molecule has 6 nitrogen and oxygen atoms in total. The van der Waals surface area contributed by atoms with Crippen LogP contribution in [0.5, 0.6) is 5.75 Å². The fraction of sp³-hybridized carbons (Fsp3) is 0.227. The smallest absolute Gasteiger partial charge is 0.255 e. The quantitative estimate of drug-likeness (QED) is 0.585. The van der Waals surface area contributed by atoms with Crippen LogP contribution in [0.4, 0.5) is 5.69 Å². The molecule has 0 saturated carbocycles. The highest BCUT2D eigenvalue weighted by Gasteiger charge is 2.21. The van der Waals surface area contributed by atoms with Crippen molar-refractivity contribution in [3.63, 3.8) is 0 Å². The number of likely N-dealkylation sites (tertiary alicyclic amines) is 1. The van der Waals surface area contributed by atoms with E-state index in [9.17, 15) is 9.59 Å². The number of anilines is 1. The molecule has 0 aliphatic carbocycles. The molecule has 0 radical (unpaired) electrons. The molecule has 150 valence electrons. The third kappa shape index (κ3) is 5.65. The van der Waals surface area contributed by atoms with Crippen molar-refractivity contribution in [2.45, 2.75) is 12.8 Å². The first kappa shape index (κ1) is 20.5. The van der Waals surface area contributed by atoms with Gasteiger partial charge in [0.2, 0.25) is 5.91 Å². The average Bonchev–Trinajstić information content (AvgIpc) is 3.27. The van der Waals surface area contributed by atoms with Crippen LogP contribution in [-0.2, 0) is 4.79 Å². The first-order chi connectivity index (χ1) is 14.1. The zero-order chi connectivity index (χ0) is 20.6. The lowest BCUT2D eigenvalue weighted by atomic mass is 10.1. The zero-order valence-electron chi connectivity index (χ0n) is 16.2. The van der Waals surface area contributed by atoms with E-state index >= 15 is 0 Å². The van der Waals surface area contributed by atoms with E-state index in [0.29, 0.717) is 11.3 Å². The van der Waals surface area contributed by atoms with E-state index in [1.54, 1.807) is 25.3 Å². The summed E-state index contributed by atoms with van der Waals surface area (Å²) < 4.78 is 5.11. The van der Waals surface area contributed by atoms with E-state index in [2.05, 4.69) is 10.6 Å². The molecule has 1 aliphatic rings. The van der Waals surface area contributed by atoms with Crippen molar-refractivity contribution in [3.05, 3.63) is 65.7 Å². The summed E-state index contributed by atoms with van der Waals surface area (Å²) in [4.78, 5) is 26.7. The van der Waals surface area contributed by atoms with Crippen LogP contribution in [-0.4, -0.2) is 42.0 Å². The molecule has 0 unspecified atom stereocenters. The van der Waals surface area contributed by atoms with Crippen molar-refractivity contribution >= 4 is 40.9 Å². The third-order valence-corrected chi connectivity index (χ3v) is 4.78. The van der Waals surface area contributed by atoms with E-state index in [1.807, 2.05) is 41.3 Å². The molecular formula is C22H23N3O3S. The molecule has 1 saturated heterocycles. The summed E-state index contributed by atoms with van der Waals surface area (Å²) in [5, 5.41) is 5.70. The number of hydrogen-bond donors (Lipinski definition) is 2. The molecule has 3 rings (SSSR count). The zero-order valence-corrected chi connectivity index (χ0v) is 17.0. The summed E-state index contributed by atoms with van der Waals surface area (Å²) >= 11 is 5.24. The van der Waals surface area contributed by atoms with Crippen molar-refractivity contribution in [2.24, 2.45) is 0 Å². The van der Waals surface area contributed by atoms with Crippen molar-refractivity contribution in [1.82, 2.24) is 10.2 Å². The minimum Gasteiger partial charge on any atom is -0.497 e. The molecule has 0 atom stereocenters. The van der Waals surface area contributed by atoms with Crippen LogP contribution in [0.2, 0.25) is 0 Å². The lowest BCUT2D eigenvalue weighted by Crippen LogP contribution is -2.34. The van der Waals surface area contributed by atoms with Crippen molar-refractivity contribution in [3.8, 4) is 5.75 Å². The van der Waals surface area contributed by atoms with Crippen molar-refractivity contribution in [2.75, 3.05) is 25.5 Å². The Balaban J connectivity index is 1.59. The highest BCUT2D eigenvalue weighted by Crippen LogP contribution is 2.20. The van der Waals surface area contributed by atoms with Gasteiger partial charge in [-0.25, -0.2) is 0 Å². The van der Waals surface area contributed by atoms with E-state index in [1.165, 1.54) is 6.08 Å². The number of nitrogens with one attached hydrogen (secondary N) is 2. The largest absolute Gasteiger partial charge is 0.497 e. The summed E-state index contributed by atoms with van der Waals surface area (Å²) in [5.74, 6) is 0.361. The number of ether oxygens (including phenoxy) is 1. The molecule has 2 amide bonds. The second-order valence-electron chi connectivity index (χ2n) is 6.59. The first-order valence-corrected chi connectivity index (χ1v) is 9.80. The van der Waals surface area contributed by atoms with Crippen LogP contribution in [0.1, 0.15) is 28.8 Å². The fourth-order valence-corrected chi connectivity index (χ4v) is 3.27. The first-order valence-electron chi connectivity index (χ1n) is 9.39. The van der Waals surface area contributed by atoms with Crippen LogP contribution in [0.15, 0.2) is 54.6 Å². The molecule has 1 aliphatic heterocycles. The number of carbonyl (C=O) groups is 2. The van der Waals surface area contributed by atoms with Gasteiger partial charge in [0, 0.05) is 19.2 Å². The summed E-state index contributed by atoms with van der Waals surface area (Å²) in [5.41, 5.74) is 1.98. The number of carbonyl (C=O) groups excluding carboxylic acids is 2. The van der Waals surface area contributed by atoms with Crippen molar-refractivity contribution < 1.29 is 14.3 Å². The van der Waals surface area contributed by atoms with Gasteiger partial charge in [0.1, 0.15) is 5.75 Å². The van der Waals surface area contributed by atoms with Gasteiger partial charge in [0.05, 0.1) is 18.4 Å². The standard InChI is InChI=1S/C22H23N3O3S/c1-28-17-11-8-16(9-12-17)10-13-20(26)24-22(29)23-19-7-3-2-6-18(19)21(27)25-14-4-5-15-25/h2-3,6-13H,4-5,14-15H2,1H3,(H2,23,24,26,29)/b13-10+. The maximum absolute atomic E-state index is 12.7. The Hall–Kier alpha value is -3.19. The molecule has 0 bridgehead atoms. The highest BCUT2D eigenvalue weighted by molar-refractivity contribution is 7.80. The second kappa shape index (κ2) is 9.84. The van der Waals surface area contributed by atoms with Gasteiger partial charge in [-0.3, -0.25) is 14.9 Å². The number of methoxy groups -OCH3 is 1. The molecule has 0 aromatic heterocycles. The van der Waals surface area contributed by atoms with Crippen LogP contribution < -0.4 is 15.4 Å². The normalized spacial score (nSPS) is 13.3. The molecule has 1 fully saturated rings. The molecule has 7 heteroatoms. The van der Waals surface area contributed by atoms with Gasteiger partial charge >= 0.3 is 0 Å². The fourth-order valence-electron chi connectivity index (χ4n) is 3.06. The number of hydrogen-bond acceptors (Lipinski definition) is 4. The lowest BCUT2D eigenvalue weighted by molar-refractivity contribution is -0.115. The van der Waals surface area contributed by atoms with Gasteiger partial charge in [-0.05, 0) is 61.0 Å². The van der Waals surface area contributed by atoms with Gasteiger partial charge in [0.25, 0.3) is 5.91 Å². The van der Waals surface area contributed by atoms with Gasteiger partial charge in [-0.1, -0.05) is 24.3 Å². The van der Waals surface area contributed by atoms with Crippen LogP contribution in [0.3, 0.4) is 0 Å².